The Labute approximate surface area is 144 Å². The van der Waals surface area contributed by atoms with Crippen LogP contribution in [0.4, 0.5) is 9.18 Å². The summed E-state index contributed by atoms with van der Waals surface area (Å²) < 4.78 is 19.6. The van der Waals surface area contributed by atoms with Crippen molar-refractivity contribution in [2.75, 3.05) is 13.1 Å². The summed E-state index contributed by atoms with van der Waals surface area (Å²) in [6.07, 6.45) is 3.95. The molecule has 2 amide bonds. The number of urea groups is 1. The van der Waals surface area contributed by atoms with Gasteiger partial charge in [0.15, 0.2) is 0 Å². The van der Waals surface area contributed by atoms with Gasteiger partial charge in [-0.3, -0.25) is 4.98 Å². The minimum atomic E-state index is -0.501. The van der Waals surface area contributed by atoms with E-state index in [0.717, 1.165) is 12.5 Å². The van der Waals surface area contributed by atoms with E-state index in [9.17, 15) is 9.18 Å². The van der Waals surface area contributed by atoms with Crippen molar-refractivity contribution < 1.29 is 13.9 Å². The Kier molecular flexibility index (Phi) is 5.09. The van der Waals surface area contributed by atoms with Crippen molar-refractivity contribution in [1.29, 1.82) is 5.26 Å². The number of nitriles is 1. The predicted molar refractivity (Wildman–Crippen MR) is 88.2 cm³/mol. The van der Waals surface area contributed by atoms with Crippen LogP contribution in [0.2, 0.25) is 0 Å². The Hall–Kier alpha value is -3.14. The summed E-state index contributed by atoms with van der Waals surface area (Å²) in [5, 5.41) is 11.4. The van der Waals surface area contributed by atoms with Gasteiger partial charge in [-0.05, 0) is 24.3 Å². The van der Waals surface area contributed by atoms with E-state index < -0.39 is 5.82 Å². The molecule has 25 heavy (non-hydrogen) atoms. The van der Waals surface area contributed by atoms with Crippen LogP contribution in [0.3, 0.4) is 0 Å². The molecular formula is C18H17FN4O2. The minimum Gasteiger partial charge on any atom is -0.487 e. The number of nitrogens with one attached hydrogen (secondary N) is 1. The third-order valence-electron chi connectivity index (χ3n) is 3.98. The molecule has 1 fully saturated rings. The fourth-order valence-electron chi connectivity index (χ4n) is 2.66. The molecule has 3 rings (SSSR count). The zero-order chi connectivity index (χ0) is 17.6. The van der Waals surface area contributed by atoms with Crippen LogP contribution in [-0.2, 0) is 6.54 Å². The molecule has 1 aliphatic heterocycles. The molecule has 1 aromatic heterocycles. The Morgan fingerprint density at radius 3 is 3.08 bits per heavy atom. The van der Waals surface area contributed by atoms with Crippen LogP contribution >= 0.6 is 0 Å². The van der Waals surface area contributed by atoms with E-state index >= 15 is 0 Å². The maximum absolute atomic E-state index is 13.8. The smallest absolute Gasteiger partial charge is 0.317 e. The average Bonchev–Trinajstić information content (AvgIpc) is 3.09. The lowest BCUT2D eigenvalue weighted by atomic mass is 10.1. The van der Waals surface area contributed by atoms with Gasteiger partial charge >= 0.3 is 6.03 Å². The van der Waals surface area contributed by atoms with Crippen molar-refractivity contribution in [3.05, 3.63) is 59.7 Å². The second-order valence-electron chi connectivity index (χ2n) is 5.74. The summed E-state index contributed by atoms with van der Waals surface area (Å²) in [4.78, 5) is 17.9. The third kappa shape index (κ3) is 4.23. The van der Waals surface area contributed by atoms with Gasteiger partial charge in [0.2, 0.25) is 0 Å². The van der Waals surface area contributed by atoms with Crippen molar-refractivity contribution in [1.82, 2.24) is 15.2 Å². The second kappa shape index (κ2) is 7.62. The van der Waals surface area contributed by atoms with E-state index in [-0.39, 0.29) is 24.2 Å². The lowest BCUT2D eigenvalue weighted by Gasteiger charge is -2.18. The molecule has 1 aliphatic rings. The van der Waals surface area contributed by atoms with Crippen molar-refractivity contribution in [2.45, 2.75) is 19.1 Å². The monoisotopic (exact) mass is 340 g/mol. The zero-order valence-electron chi connectivity index (χ0n) is 13.5. The van der Waals surface area contributed by atoms with Gasteiger partial charge in [-0.15, -0.1) is 0 Å². The van der Waals surface area contributed by atoms with Gasteiger partial charge in [0.05, 0.1) is 24.4 Å². The SMILES string of the molecule is N#Cc1ccc(CNC(=O)N2CC[C@@H](Oc3cccnc3)C2)c(F)c1. The molecule has 0 spiro atoms. The van der Waals surface area contributed by atoms with E-state index in [1.54, 1.807) is 23.4 Å². The van der Waals surface area contributed by atoms with Crippen molar-refractivity contribution >= 4 is 6.03 Å². The molecule has 0 aliphatic carbocycles. The maximum atomic E-state index is 13.8. The number of halogens is 1. The molecule has 7 heteroatoms. The molecule has 1 saturated heterocycles. The largest absolute Gasteiger partial charge is 0.487 e. The highest BCUT2D eigenvalue weighted by Gasteiger charge is 2.27. The standard InChI is InChI=1S/C18H17FN4O2/c19-17-8-13(9-20)3-4-14(17)10-22-18(24)23-7-5-16(12-23)25-15-2-1-6-21-11-15/h1-4,6,8,11,16H,5,7,10,12H2,(H,22,24)/t16-/m1/s1. The third-order valence-corrected chi connectivity index (χ3v) is 3.98. The van der Waals surface area contributed by atoms with Gasteiger partial charge in [-0.1, -0.05) is 6.07 Å². The van der Waals surface area contributed by atoms with Crippen molar-refractivity contribution in [3.63, 3.8) is 0 Å². The number of ether oxygens (including phenoxy) is 1. The molecule has 0 radical (unpaired) electrons. The van der Waals surface area contributed by atoms with Crippen LogP contribution in [0.1, 0.15) is 17.5 Å². The summed E-state index contributed by atoms with van der Waals surface area (Å²) >= 11 is 0. The number of likely N-dealkylation sites (tertiary alicyclic amines) is 1. The van der Waals surface area contributed by atoms with Crippen LogP contribution in [0.5, 0.6) is 5.75 Å². The molecule has 1 atom stereocenters. The van der Waals surface area contributed by atoms with Crippen LogP contribution in [0.25, 0.3) is 0 Å². The van der Waals surface area contributed by atoms with Crippen LogP contribution < -0.4 is 10.1 Å². The van der Waals surface area contributed by atoms with Gasteiger partial charge in [-0.2, -0.15) is 5.26 Å². The summed E-state index contributed by atoms with van der Waals surface area (Å²) in [5.41, 5.74) is 0.595. The van der Waals surface area contributed by atoms with Gasteiger partial charge in [-0.25, -0.2) is 9.18 Å². The number of amides is 2. The van der Waals surface area contributed by atoms with Crippen LogP contribution in [0, 0.1) is 17.1 Å². The average molecular weight is 340 g/mol. The Morgan fingerprint density at radius 2 is 2.36 bits per heavy atom. The lowest BCUT2D eigenvalue weighted by Crippen LogP contribution is -2.39. The van der Waals surface area contributed by atoms with E-state index in [1.807, 2.05) is 12.1 Å². The highest BCUT2D eigenvalue weighted by molar-refractivity contribution is 5.74. The van der Waals surface area contributed by atoms with Crippen LogP contribution in [0.15, 0.2) is 42.7 Å². The fourth-order valence-corrected chi connectivity index (χ4v) is 2.66. The molecule has 128 valence electrons. The topological polar surface area (TPSA) is 78.2 Å². The Morgan fingerprint density at radius 1 is 1.48 bits per heavy atom. The van der Waals surface area contributed by atoms with Gasteiger partial charge in [0.25, 0.3) is 0 Å². The molecule has 0 bridgehead atoms. The summed E-state index contributed by atoms with van der Waals surface area (Å²) in [6, 6.07) is 9.42. The molecule has 2 aromatic rings. The van der Waals surface area contributed by atoms with Gasteiger partial charge < -0.3 is 15.0 Å². The number of benzene rings is 1. The molecule has 2 heterocycles. The predicted octanol–water partition coefficient (Wildman–Crippen LogP) is 2.46. The molecule has 1 N–H and O–H groups in total. The number of nitrogens with zero attached hydrogens (tertiary/aromatic N) is 3. The number of carbonyl (C=O) groups excluding carboxylic acids is 1. The maximum Gasteiger partial charge on any atom is 0.317 e. The first-order valence-corrected chi connectivity index (χ1v) is 7.93. The van der Waals surface area contributed by atoms with Gasteiger partial charge in [0.1, 0.15) is 17.7 Å². The Bertz CT molecular complexity index is 791. The fraction of sp³-hybridized carbons (Fsp3) is 0.278. The first kappa shape index (κ1) is 16.7. The highest BCUT2D eigenvalue weighted by atomic mass is 19.1. The zero-order valence-corrected chi connectivity index (χ0v) is 13.5. The van der Waals surface area contributed by atoms with Crippen molar-refractivity contribution in [3.8, 4) is 11.8 Å². The number of aromatic nitrogens is 1. The molecule has 0 unspecified atom stereocenters. The first-order valence-electron chi connectivity index (χ1n) is 7.93. The summed E-state index contributed by atoms with van der Waals surface area (Å²) in [6.45, 7) is 1.12. The second-order valence-corrected chi connectivity index (χ2v) is 5.74. The highest BCUT2D eigenvalue weighted by Crippen LogP contribution is 2.17. The quantitative estimate of drug-likeness (QED) is 0.927. The molecule has 0 saturated carbocycles. The molecule has 1 aromatic carbocycles. The van der Waals surface area contributed by atoms with E-state index in [2.05, 4.69) is 10.3 Å². The molecular weight excluding hydrogens is 323 g/mol. The minimum absolute atomic E-state index is 0.0704. The summed E-state index contributed by atoms with van der Waals surface area (Å²) in [7, 11) is 0. The van der Waals surface area contributed by atoms with Crippen LogP contribution in [-0.4, -0.2) is 35.1 Å². The number of hydrogen-bond acceptors (Lipinski definition) is 4. The van der Waals surface area contributed by atoms with E-state index in [1.165, 1.54) is 12.1 Å². The number of pyridine rings is 1. The van der Waals surface area contributed by atoms with E-state index in [4.69, 9.17) is 10.00 Å². The molecule has 6 nitrogen and oxygen atoms in total. The van der Waals surface area contributed by atoms with Gasteiger partial charge in [0, 0.05) is 31.3 Å². The Balaban J connectivity index is 1.50. The number of rotatable bonds is 4. The summed E-state index contributed by atoms with van der Waals surface area (Å²) in [5.74, 6) is 0.174. The van der Waals surface area contributed by atoms with E-state index in [0.29, 0.717) is 24.4 Å². The number of hydrogen-bond donors (Lipinski definition) is 1. The first-order chi connectivity index (χ1) is 12.2. The lowest BCUT2D eigenvalue weighted by molar-refractivity contribution is 0.186. The number of carbonyl (C=O) groups is 1. The normalized spacial score (nSPS) is 16.3. The van der Waals surface area contributed by atoms with Crippen molar-refractivity contribution in [2.24, 2.45) is 0 Å².